The summed E-state index contributed by atoms with van der Waals surface area (Å²) in [5.41, 5.74) is 16.5. The van der Waals surface area contributed by atoms with Crippen molar-refractivity contribution in [1.82, 2.24) is 26.6 Å². The van der Waals surface area contributed by atoms with Gasteiger partial charge in [-0.1, -0.05) is 67.1 Å². The number of benzene rings is 2. The predicted octanol–water partition coefficient (Wildman–Crippen LogP) is 6.30. The van der Waals surface area contributed by atoms with Crippen molar-refractivity contribution >= 4 is 42.0 Å². The Morgan fingerprint density at radius 3 is 1.21 bits per heavy atom. The number of hydrogen-bond donors (Lipinski definition) is 8. The molecule has 0 aromatic heterocycles. The number of amides is 5. The molecular weight excluding hydrogens is 941 g/mol. The minimum atomic E-state index is -1.02. The molecule has 20 heteroatoms. The fraction of sp³-hybridized carbons (Fsp3) is 0.642. The molecule has 2 aromatic rings. The fourth-order valence-corrected chi connectivity index (χ4v) is 6.51. The maximum Gasteiger partial charge on any atom is 0.408 e. The molecule has 0 aliphatic carbocycles. The van der Waals surface area contributed by atoms with Gasteiger partial charge in [0.05, 0.1) is 6.04 Å². The van der Waals surface area contributed by atoms with E-state index < -0.39 is 77.1 Å². The third kappa shape index (κ3) is 34.1. The molecule has 4 atom stereocenters. The molecular formula is C53H88N8O12. The van der Waals surface area contributed by atoms with Gasteiger partial charge in [-0.3, -0.25) is 9.59 Å². The average Bonchev–Trinajstić information content (AvgIpc) is 3.30. The molecule has 0 aliphatic heterocycles. The van der Waals surface area contributed by atoms with E-state index in [0.29, 0.717) is 64.7 Å². The van der Waals surface area contributed by atoms with Crippen molar-refractivity contribution in [2.45, 2.75) is 194 Å². The molecule has 2 rings (SSSR count). The second-order valence-electron chi connectivity index (χ2n) is 20.5. The third-order valence-electron chi connectivity index (χ3n) is 10.1. The highest BCUT2D eigenvalue weighted by atomic mass is 16.6. The topological polar surface area (TPSA) is 304 Å². The van der Waals surface area contributed by atoms with E-state index in [1.807, 2.05) is 60.7 Å². The lowest BCUT2D eigenvalue weighted by Gasteiger charge is -2.25. The van der Waals surface area contributed by atoms with Crippen molar-refractivity contribution < 1.29 is 57.2 Å². The SMILES string of the molecule is CC(C)(C)OC(=O)NCCCC[C@H](NC(=O)OC(C)(C)C)C(=O)N[C@@H](CCCCNC(=O)OC(C)(C)C)C(=O)OCc1ccccc1.NCCCC[C@H](NC(=O)[C@@H](N)CCCCN)C(=O)OCc1ccccc1. The minimum absolute atomic E-state index is 0.0243. The van der Waals surface area contributed by atoms with Crippen LogP contribution in [0.3, 0.4) is 0 Å². The molecule has 20 nitrogen and oxygen atoms in total. The molecule has 0 heterocycles. The van der Waals surface area contributed by atoms with Crippen molar-refractivity contribution in [2.75, 3.05) is 26.2 Å². The Morgan fingerprint density at radius 1 is 0.452 bits per heavy atom. The van der Waals surface area contributed by atoms with Gasteiger partial charge < -0.3 is 67.5 Å². The van der Waals surface area contributed by atoms with Crippen LogP contribution in [0.4, 0.5) is 14.4 Å². The van der Waals surface area contributed by atoms with Gasteiger partial charge in [-0.25, -0.2) is 24.0 Å². The normalized spacial score (nSPS) is 13.0. The third-order valence-corrected chi connectivity index (χ3v) is 10.1. The summed E-state index contributed by atoms with van der Waals surface area (Å²) in [6.07, 6.45) is 4.66. The summed E-state index contributed by atoms with van der Waals surface area (Å²) in [6.45, 7) is 17.7. The first-order valence-electron chi connectivity index (χ1n) is 25.4. The first-order valence-corrected chi connectivity index (χ1v) is 25.4. The molecule has 73 heavy (non-hydrogen) atoms. The van der Waals surface area contributed by atoms with Crippen molar-refractivity contribution in [1.29, 1.82) is 0 Å². The summed E-state index contributed by atoms with van der Waals surface area (Å²) in [5.74, 6) is -1.99. The zero-order valence-corrected chi connectivity index (χ0v) is 44.9. The molecule has 11 N–H and O–H groups in total. The molecule has 0 radical (unpaired) electrons. The van der Waals surface area contributed by atoms with Gasteiger partial charge in [0.15, 0.2) is 0 Å². The Kier molecular flexibility index (Phi) is 31.4. The van der Waals surface area contributed by atoms with Gasteiger partial charge in [0.2, 0.25) is 11.8 Å². The molecule has 0 bridgehead atoms. The zero-order valence-electron chi connectivity index (χ0n) is 44.9. The van der Waals surface area contributed by atoms with Gasteiger partial charge in [0.25, 0.3) is 0 Å². The summed E-state index contributed by atoms with van der Waals surface area (Å²) in [6, 6.07) is 15.2. The number of hydrogen-bond acceptors (Lipinski definition) is 15. The van der Waals surface area contributed by atoms with Crippen LogP contribution in [-0.2, 0) is 56.1 Å². The van der Waals surface area contributed by atoms with E-state index in [-0.39, 0.29) is 32.0 Å². The smallest absolute Gasteiger partial charge is 0.408 e. The Morgan fingerprint density at radius 2 is 0.808 bits per heavy atom. The monoisotopic (exact) mass is 1030 g/mol. The predicted molar refractivity (Wildman–Crippen MR) is 279 cm³/mol. The molecule has 412 valence electrons. The molecule has 0 saturated carbocycles. The quantitative estimate of drug-likeness (QED) is 0.0252. The van der Waals surface area contributed by atoms with E-state index in [0.717, 1.165) is 36.8 Å². The van der Waals surface area contributed by atoms with Gasteiger partial charge in [0.1, 0.15) is 48.1 Å². The molecule has 0 spiro atoms. The number of unbranched alkanes of at least 4 members (excludes halogenated alkanes) is 4. The van der Waals surface area contributed by atoms with Crippen molar-refractivity contribution in [3.05, 3.63) is 71.8 Å². The van der Waals surface area contributed by atoms with Crippen molar-refractivity contribution in [3.8, 4) is 0 Å². The Labute approximate surface area is 433 Å². The van der Waals surface area contributed by atoms with Crippen LogP contribution in [0.2, 0.25) is 0 Å². The largest absolute Gasteiger partial charge is 0.459 e. The highest BCUT2D eigenvalue weighted by Crippen LogP contribution is 2.13. The number of carbonyl (C=O) groups excluding carboxylic acids is 7. The van der Waals surface area contributed by atoms with Crippen LogP contribution in [0.15, 0.2) is 60.7 Å². The van der Waals surface area contributed by atoms with E-state index in [1.54, 1.807) is 62.3 Å². The summed E-state index contributed by atoms with van der Waals surface area (Å²) in [7, 11) is 0. The summed E-state index contributed by atoms with van der Waals surface area (Å²) in [5, 5.41) is 13.4. The lowest BCUT2D eigenvalue weighted by molar-refractivity contribution is -0.150. The number of esters is 2. The number of rotatable bonds is 29. The molecule has 0 unspecified atom stereocenters. The summed E-state index contributed by atoms with van der Waals surface area (Å²) >= 11 is 0. The van der Waals surface area contributed by atoms with Crippen molar-refractivity contribution in [3.63, 3.8) is 0 Å². The second kappa shape index (κ2) is 35.2. The number of ether oxygens (including phenoxy) is 5. The van der Waals surface area contributed by atoms with Crippen LogP contribution >= 0.6 is 0 Å². The van der Waals surface area contributed by atoms with E-state index in [9.17, 15) is 33.6 Å². The van der Waals surface area contributed by atoms with Gasteiger partial charge >= 0.3 is 30.2 Å². The van der Waals surface area contributed by atoms with Crippen LogP contribution in [0.25, 0.3) is 0 Å². The number of nitrogens with one attached hydrogen (secondary N) is 5. The van der Waals surface area contributed by atoms with Gasteiger partial charge in [-0.05, 0) is 157 Å². The highest BCUT2D eigenvalue weighted by molar-refractivity contribution is 5.90. The van der Waals surface area contributed by atoms with Crippen LogP contribution in [0.5, 0.6) is 0 Å². The van der Waals surface area contributed by atoms with Gasteiger partial charge in [0, 0.05) is 13.1 Å². The maximum absolute atomic E-state index is 13.5. The van der Waals surface area contributed by atoms with Crippen LogP contribution in [0, 0.1) is 0 Å². The molecule has 0 saturated heterocycles. The fourth-order valence-electron chi connectivity index (χ4n) is 6.51. The lowest BCUT2D eigenvalue weighted by Crippen LogP contribution is -2.52. The first-order chi connectivity index (χ1) is 34.3. The minimum Gasteiger partial charge on any atom is -0.459 e. The van der Waals surface area contributed by atoms with Crippen LogP contribution in [0.1, 0.15) is 150 Å². The molecule has 5 amide bonds. The van der Waals surface area contributed by atoms with Gasteiger partial charge in [-0.15, -0.1) is 0 Å². The number of carbonyl (C=O) groups is 7. The Bertz CT molecular complexity index is 1920. The van der Waals surface area contributed by atoms with Crippen LogP contribution < -0.4 is 43.8 Å². The standard InChI is InChI=1S/C34H56N4O9.C19H32N4O3/c1-32(2,3)45-29(41)35-21-15-13-19-25(38-31(43)47-34(7,8)9)27(39)37-26(28(40)44-23-24-17-11-10-12-18-24)20-14-16-22-36-30(42)46-33(4,5)6;20-12-6-4-10-16(22)18(24)23-17(11-5-7-13-21)19(25)26-14-15-8-2-1-3-9-15/h10-12,17-18,25-26H,13-16,19-23H2,1-9H3,(H,35,41)(H,36,42)(H,37,39)(H,38,43);1-3,8-9,16-17H,4-7,10-14,20-22H2,(H,23,24)/t25-,26-;16-,17-/m00/s1. The number of alkyl carbamates (subject to hydrolysis) is 3. The second-order valence-corrected chi connectivity index (χ2v) is 20.5. The molecule has 0 aliphatic rings. The highest BCUT2D eigenvalue weighted by Gasteiger charge is 2.30. The lowest BCUT2D eigenvalue weighted by atomic mass is 10.1. The van der Waals surface area contributed by atoms with E-state index in [1.165, 1.54) is 0 Å². The zero-order chi connectivity index (χ0) is 54.9. The maximum atomic E-state index is 13.5. The summed E-state index contributed by atoms with van der Waals surface area (Å²) < 4.78 is 26.7. The van der Waals surface area contributed by atoms with Gasteiger partial charge in [-0.2, -0.15) is 0 Å². The Balaban J connectivity index is 0.000000862. The van der Waals surface area contributed by atoms with E-state index >= 15 is 0 Å². The van der Waals surface area contributed by atoms with Crippen LogP contribution in [-0.4, -0.2) is 109 Å². The van der Waals surface area contributed by atoms with E-state index in [4.69, 9.17) is 40.9 Å². The Hall–Kier alpha value is -5.99. The first kappa shape index (κ1) is 65.0. The summed E-state index contributed by atoms with van der Waals surface area (Å²) in [4.78, 5) is 87.9. The molecule has 2 aromatic carbocycles. The average molecular weight is 1030 g/mol. The molecule has 0 fully saturated rings. The van der Waals surface area contributed by atoms with Crippen molar-refractivity contribution in [2.24, 2.45) is 17.2 Å². The number of nitrogens with two attached hydrogens (primary N) is 3. The van der Waals surface area contributed by atoms with E-state index in [2.05, 4.69) is 26.6 Å².